The van der Waals surface area contributed by atoms with Crippen molar-refractivity contribution in [2.45, 2.75) is 26.7 Å². The molecule has 0 radical (unpaired) electrons. The van der Waals surface area contributed by atoms with Gasteiger partial charge in [0.05, 0.1) is 13.4 Å². The number of allylic oxidation sites excluding steroid dienone is 4. The fourth-order valence-corrected chi connectivity index (χ4v) is 1.34. The third-order valence-electron chi connectivity index (χ3n) is 2.74. The molecule has 90 valence electrons. The minimum absolute atomic E-state index is 0.333. The summed E-state index contributed by atoms with van der Waals surface area (Å²) in [6.45, 7) is 7.20. The van der Waals surface area contributed by atoms with Crippen LogP contribution in [0.15, 0.2) is 36.4 Å². The number of hydrogen-bond donors (Lipinski definition) is 0. The van der Waals surface area contributed by atoms with E-state index < -0.39 is 11.2 Å². The van der Waals surface area contributed by atoms with E-state index in [2.05, 4.69) is 6.58 Å². The first-order valence-electron chi connectivity index (χ1n) is 5.20. The fourth-order valence-electron chi connectivity index (χ4n) is 1.34. The van der Waals surface area contributed by atoms with Crippen molar-refractivity contribution in [1.29, 1.82) is 0 Å². The van der Waals surface area contributed by atoms with Crippen LogP contribution in [0.5, 0.6) is 0 Å². The Hall–Kier alpha value is -1.38. The average molecular weight is 226 g/mol. The van der Waals surface area contributed by atoms with Crippen molar-refractivity contribution in [3.8, 4) is 0 Å². The van der Waals surface area contributed by atoms with E-state index in [4.69, 9.17) is 4.74 Å². The van der Waals surface area contributed by atoms with E-state index in [0.717, 1.165) is 18.8 Å². The van der Waals surface area contributed by atoms with Gasteiger partial charge >= 0.3 is 0 Å². The number of ether oxygens (including phenoxy) is 1. The molecule has 0 saturated carbocycles. The van der Waals surface area contributed by atoms with Crippen LogP contribution in [-0.2, 0) is 9.53 Å². The van der Waals surface area contributed by atoms with Crippen LogP contribution in [0.3, 0.4) is 0 Å². The molecule has 1 atom stereocenters. The third-order valence-corrected chi connectivity index (χ3v) is 2.74. The normalized spacial score (nSPS) is 16.5. The van der Waals surface area contributed by atoms with Gasteiger partial charge in [0.2, 0.25) is 0 Å². The Kier molecular flexibility index (Phi) is 6.38. The molecule has 1 unspecified atom stereocenters. The molecule has 16 heavy (non-hydrogen) atoms. The largest absolute Gasteiger partial charge is 0.504 e. The van der Waals surface area contributed by atoms with Gasteiger partial charge in [-0.3, -0.25) is 0 Å². The average Bonchev–Trinajstić information content (AvgIpc) is 2.28. The highest BCUT2D eigenvalue weighted by atomic mass is 19.1. The summed E-state index contributed by atoms with van der Waals surface area (Å²) in [5.74, 6) is -0.436. The molecule has 0 saturated heterocycles. The van der Waals surface area contributed by atoms with E-state index in [0.29, 0.717) is 12.0 Å². The molecular formula is C13H19FO2. The second-order valence-corrected chi connectivity index (χ2v) is 3.83. The molecule has 0 rings (SSSR count). The fraction of sp³-hybridized carbons (Fsp3) is 0.462. The van der Waals surface area contributed by atoms with Crippen LogP contribution in [0.25, 0.3) is 0 Å². The van der Waals surface area contributed by atoms with Gasteiger partial charge in [-0.1, -0.05) is 20.4 Å². The zero-order chi connectivity index (χ0) is 12.6. The highest BCUT2D eigenvalue weighted by molar-refractivity contribution is 5.53. The van der Waals surface area contributed by atoms with E-state index in [9.17, 15) is 9.18 Å². The Balaban J connectivity index is 5.25. The number of carbonyl (C=O) groups excluding carboxylic acids is 1. The molecule has 0 heterocycles. The molecule has 0 N–H and O–H groups in total. The van der Waals surface area contributed by atoms with E-state index in [1.807, 2.05) is 13.8 Å². The molecule has 0 aliphatic rings. The van der Waals surface area contributed by atoms with Crippen molar-refractivity contribution in [3.63, 3.8) is 0 Å². The Morgan fingerprint density at radius 3 is 2.56 bits per heavy atom. The van der Waals surface area contributed by atoms with Gasteiger partial charge in [0, 0.05) is 11.8 Å². The van der Waals surface area contributed by atoms with Crippen molar-refractivity contribution in [1.82, 2.24) is 0 Å². The predicted octanol–water partition coefficient (Wildman–Crippen LogP) is 3.56. The second-order valence-electron chi connectivity index (χ2n) is 3.83. The number of halogens is 1. The van der Waals surface area contributed by atoms with Crippen LogP contribution < -0.4 is 0 Å². The number of hydrogen-bond acceptors (Lipinski definition) is 2. The smallest absolute Gasteiger partial charge is 0.123 e. The van der Waals surface area contributed by atoms with Gasteiger partial charge in [0.15, 0.2) is 0 Å². The Morgan fingerprint density at radius 2 is 2.19 bits per heavy atom. The lowest BCUT2D eigenvalue weighted by Crippen LogP contribution is -2.18. The minimum Gasteiger partial charge on any atom is -0.504 e. The summed E-state index contributed by atoms with van der Waals surface area (Å²) in [5, 5.41) is 0. The molecule has 0 spiro atoms. The number of methoxy groups -OCH3 is 1. The van der Waals surface area contributed by atoms with Gasteiger partial charge in [0.1, 0.15) is 12.1 Å². The van der Waals surface area contributed by atoms with E-state index in [1.54, 1.807) is 0 Å². The zero-order valence-corrected chi connectivity index (χ0v) is 10.1. The lowest BCUT2D eigenvalue weighted by Gasteiger charge is -2.27. The molecule has 0 aliphatic carbocycles. The Bertz CT molecular complexity index is 305. The van der Waals surface area contributed by atoms with E-state index in [-0.39, 0.29) is 0 Å². The quantitative estimate of drug-likeness (QED) is 0.377. The zero-order valence-electron chi connectivity index (χ0n) is 10.1. The SMILES string of the molecule is C=C/C(F)=C\C(=C\OC)C(C)(CC)CC=O. The van der Waals surface area contributed by atoms with Crippen molar-refractivity contribution < 1.29 is 13.9 Å². The number of aldehydes is 1. The summed E-state index contributed by atoms with van der Waals surface area (Å²) < 4.78 is 18.1. The summed E-state index contributed by atoms with van der Waals surface area (Å²) in [7, 11) is 1.50. The van der Waals surface area contributed by atoms with E-state index in [1.165, 1.54) is 19.4 Å². The minimum atomic E-state index is -0.436. The van der Waals surface area contributed by atoms with Gasteiger partial charge in [-0.2, -0.15) is 0 Å². The summed E-state index contributed by atoms with van der Waals surface area (Å²) in [4.78, 5) is 10.6. The summed E-state index contributed by atoms with van der Waals surface area (Å²) in [5.41, 5.74) is 0.250. The van der Waals surface area contributed by atoms with Gasteiger partial charge in [-0.15, -0.1) is 0 Å². The van der Waals surface area contributed by atoms with Crippen LogP contribution in [0, 0.1) is 5.41 Å². The van der Waals surface area contributed by atoms with Crippen LogP contribution in [0.1, 0.15) is 26.7 Å². The lowest BCUT2D eigenvalue weighted by atomic mass is 9.77. The molecule has 2 nitrogen and oxygen atoms in total. The van der Waals surface area contributed by atoms with Crippen LogP contribution >= 0.6 is 0 Å². The lowest BCUT2D eigenvalue weighted by molar-refractivity contribution is -0.109. The molecule has 0 aliphatic heterocycles. The molecule has 0 fully saturated rings. The van der Waals surface area contributed by atoms with Gasteiger partial charge in [0.25, 0.3) is 0 Å². The number of carbonyl (C=O) groups is 1. The summed E-state index contributed by atoms with van der Waals surface area (Å²) in [6, 6.07) is 0. The first kappa shape index (κ1) is 14.6. The second kappa shape index (κ2) is 6.99. The molecule has 0 amide bonds. The Labute approximate surface area is 96.5 Å². The molecule has 0 aromatic carbocycles. The highest BCUT2D eigenvalue weighted by Gasteiger charge is 2.26. The van der Waals surface area contributed by atoms with Crippen LogP contribution in [0.2, 0.25) is 0 Å². The number of rotatable bonds is 7. The summed E-state index contributed by atoms with van der Waals surface area (Å²) in [6.07, 6.45) is 5.84. The van der Waals surface area contributed by atoms with Crippen LogP contribution in [-0.4, -0.2) is 13.4 Å². The van der Waals surface area contributed by atoms with Gasteiger partial charge in [-0.05, 0) is 24.1 Å². The topological polar surface area (TPSA) is 26.3 Å². The molecule has 0 aromatic heterocycles. The van der Waals surface area contributed by atoms with E-state index >= 15 is 0 Å². The highest BCUT2D eigenvalue weighted by Crippen LogP contribution is 2.35. The standard InChI is InChI=1S/C13H19FO2/c1-5-12(14)9-11(10-16-4)13(3,6-2)7-8-15/h5,8-10H,1,6-7H2,2-4H3/b11-10-,12-9+. The van der Waals surface area contributed by atoms with Gasteiger partial charge in [-0.25, -0.2) is 4.39 Å². The molecular weight excluding hydrogens is 207 g/mol. The maximum absolute atomic E-state index is 13.2. The van der Waals surface area contributed by atoms with Crippen molar-refractivity contribution in [2.24, 2.45) is 5.41 Å². The third kappa shape index (κ3) is 4.01. The first-order valence-corrected chi connectivity index (χ1v) is 5.20. The maximum atomic E-state index is 13.2. The molecule has 0 bridgehead atoms. The predicted molar refractivity (Wildman–Crippen MR) is 63.6 cm³/mol. The van der Waals surface area contributed by atoms with Crippen molar-refractivity contribution >= 4 is 6.29 Å². The molecule has 0 aromatic rings. The van der Waals surface area contributed by atoms with Crippen molar-refractivity contribution in [3.05, 3.63) is 36.4 Å². The monoisotopic (exact) mass is 226 g/mol. The molecule has 3 heteroatoms. The van der Waals surface area contributed by atoms with Crippen molar-refractivity contribution in [2.75, 3.05) is 7.11 Å². The summed E-state index contributed by atoms with van der Waals surface area (Å²) >= 11 is 0. The van der Waals surface area contributed by atoms with Crippen LogP contribution in [0.4, 0.5) is 4.39 Å². The Morgan fingerprint density at radius 1 is 1.56 bits per heavy atom. The van der Waals surface area contributed by atoms with Gasteiger partial charge < -0.3 is 9.53 Å². The first-order chi connectivity index (χ1) is 7.53. The maximum Gasteiger partial charge on any atom is 0.123 e.